The lowest BCUT2D eigenvalue weighted by atomic mass is 9.90. The van der Waals surface area contributed by atoms with Crippen LogP contribution in [0.1, 0.15) is 18.1 Å². The summed E-state index contributed by atoms with van der Waals surface area (Å²) < 4.78 is 18.3. The highest BCUT2D eigenvalue weighted by atomic mass is 19.1. The second-order valence-electron chi connectivity index (χ2n) is 5.33. The van der Waals surface area contributed by atoms with Crippen molar-refractivity contribution in [3.8, 4) is 5.75 Å². The van der Waals surface area contributed by atoms with Gasteiger partial charge in [-0.3, -0.25) is 0 Å². The van der Waals surface area contributed by atoms with Crippen molar-refractivity contribution >= 4 is 0 Å². The van der Waals surface area contributed by atoms with Gasteiger partial charge >= 0.3 is 0 Å². The highest BCUT2D eigenvalue weighted by molar-refractivity contribution is 5.30. The first-order valence-electron chi connectivity index (χ1n) is 6.58. The van der Waals surface area contributed by atoms with Gasteiger partial charge in [-0.25, -0.2) is 4.39 Å². The van der Waals surface area contributed by atoms with Crippen molar-refractivity contribution in [2.45, 2.75) is 25.4 Å². The van der Waals surface area contributed by atoms with Crippen molar-refractivity contribution in [2.24, 2.45) is 0 Å². The summed E-state index contributed by atoms with van der Waals surface area (Å²) in [4.78, 5) is 0. The van der Waals surface area contributed by atoms with Crippen LogP contribution in [0.5, 0.6) is 5.75 Å². The minimum absolute atomic E-state index is 0.278. The van der Waals surface area contributed by atoms with E-state index in [4.69, 9.17) is 4.74 Å². The molecule has 0 aliphatic carbocycles. The zero-order chi connectivity index (χ0) is 14.6. The molecule has 0 saturated carbocycles. The van der Waals surface area contributed by atoms with Crippen molar-refractivity contribution in [3.63, 3.8) is 0 Å². The van der Waals surface area contributed by atoms with Crippen LogP contribution < -0.4 is 4.74 Å². The zero-order valence-corrected chi connectivity index (χ0v) is 11.8. The molecule has 1 atom stereocenters. The Morgan fingerprint density at radius 3 is 2.25 bits per heavy atom. The first kappa shape index (κ1) is 14.5. The predicted molar refractivity (Wildman–Crippen MR) is 77.4 cm³/mol. The number of benzene rings is 2. The second-order valence-corrected chi connectivity index (χ2v) is 5.33. The van der Waals surface area contributed by atoms with E-state index >= 15 is 0 Å². The Morgan fingerprint density at radius 2 is 1.65 bits per heavy atom. The van der Waals surface area contributed by atoms with Crippen LogP contribution in [-0.4, -0.2) is 17.8 Å². The van der Waals surface area contributed by atoms with E-state index in [9.17, 15) is 9.50 Å². The van der Waals surface area contributed by atoms with Gasteiger partial charge in [0.1, 0.15) is 11.6 Å². The Balaban J connectivity index is 2.10. The van der Waals surface area contributed by atoms with Crippen LogP contribution in [0.15, 0.2) is 48.5 Å². The first-order chi connectivity index (χ1) is 9.48. The highest BCUT2D eigenvalue weighted by Gasteiger charge is 2.22. The SMILES string of the molecule is COc1cccc(CC(C)(O)Cc2cccc(F)c2)c1. The summed E-state index contributed by atoms with van der Waals surface area (Å²) in [6.07, 6.45) is 0.892. The van der Waals surface area contributed by atoms with Gasteiger partial charge in [0.15, 0.2) is 0 Å². The van der Waals surface area contributed by atoms with E-state index in [0.717, 1.165) is 16.9 Å². The number of halogens is 1. The summed E-state index contributed by atoms with van der Waals surface area (Å²) in [7, 11) is 1.62. The van der Waals surface area contributed by atoms with Crippen LogP contribution in [0, 0.1) is 5.82 Å². The van der Waals surface area contributed by atoms with Crippen LogP contribution in [0.3, 0.4) is 0 Å². The summed E-state index contributed by atoms with van der Waals surface area (Å²) >= 11 is 0. The van der Waals surface area contributed by atoms with E-state index < -0.39 is 5.60 Å². The maximum atomic E-state index is 13.2. The van der Waals surface area contributed by atoms with E-state index in [1.165, 1.54) is 12.1 Å². The minimum atomic E-state index is -0.930. The molecule has 0 radical (unpaired) electrons. The topological polar surface area (TPSA) is 29.5 Å². The summed E-state index contributed by atoms with van der Waals surface area (Å²) in [5, 5.41) is 10.5. The first-order valence-corrected chi connectivity index (χ1v) is 6.58. The Kier molecular flexibility index (Phi) is 4.40. The fourth-order valence-electron chi connectivity index (χ4n) is 2.37. The molecule has 0 amide bonds. The minimum Gasteiger partial charge on any atom is -0.497 e. The Bertz CT molecular complexity index is 579. The molecule has 2 nitrogen and oxygen atoms in total. The molecule has 0 aromatic heterocycles. The summed E-state index contributed by atoms with van der Waals surface area (Å²) in [6.45, 7) is 1.76. The van der Waals surface area contributed by atoms with Crippen molar-refractivity contribution < 1.29 is 14.2 Å². The molecule has 2 aromatic rings. The molecule has 0 spiro atoms. The number of hydrogen-bond acceptors (Lipinski definition) is 2. The quantitative estimate of drug-likeness (QED) is 0.905. The third-order valence-corrected chi connectivity index (χ3v) is 3.19. The number of rotatable bonds is 5. The number of hydrogen-bond donors (Lipinski definition) is 1. The van der Waals surface area contributed by atoms with Crippen LogP contribution in [-0.2, 0) is 12.8 Å². The van der Waals surface area contributed by atoms with Crippen molar-refractivity contribution in [2.75, 3.05) is 7.11 Å². The average Bonchev–Trinajstić information content (AvgIpc) is 2.37. The normalized spacial score (nSPS) is 13.8. The molecule has 1 unspecified atom stereocenters. The van der Waals surface area contributed by atoms with Gasteiger partial charge in [-0.15, -0.1) is 0 Å². The molecule has 2 aromatic carbocycles. The molecule has 20 heavy (non-hydrogen) atoms. The van der Waals surface area contributed by atoms with Gasteiger partial charge in [-0.2, -0.15) is 0 Å². The smallest absolute Gasteiger partial charge is 0.123 e. The van der Waals surface area contributed by atoms with Gasteiger partial charge in [-0.1, -0.05) is 24.3 Å². The predicted octanol–water partition coefficient (Wildman–Crippen LogP) is 3.37. The van der Waals surface area contributed by atoms with Crippen molar-refractivity contribution in [1.82, 2.24) is 0 Å². The number of aliphatic hydroxyl groups is 1. The second kappa shape index (κ2) is 6.06. The van der Waals surface area contributed by atoms with E-state index in [1.54, 1.807) is 20.1 Å². The standard InChI is InChI=1S/C17H19FO2/c1-17(19,11-13-5-3-7-15(18)9-13)12-14-6-4-8-16(10-14)20-2/h3-10,19H,11-12H2,1-2H3. The van der Waals surface area contributed by atoms with Crippen LogP contribution in [0.25, 0.3) is 0 Å². The Morgan fingerprint density at radius 1 is 1.05 bits per heavy atom. The molecule has 0 aliphatic heterocycles. The number of methoxy groups -OCH3 is 1. The lowest BCUT2D eigenvalue weighted by molar-refractivity contribution is 0.0607. The van der Waals surface area contributed by atoms with Crippen molar-refractivity contribution in [3.05, 3.63) is 65.5 Å². The van der Waals surface area contributed by atoms with Crippen LogP contribution >= 0.6 is 0 Å². The molecular formula is C17H19FO2. The van der Waals surface area contributed by atoms with Gasteiger partial charge in [0.25, 0.3) is 0 Å². The summed E-state index contributed by atoms with van der Waals surface area (Å²) in [6, 6.07) is 14.0. The van der Waals surface area contributed by atoms with E-state index in [-0.39, 0.29) is 5.82 Å². The van der Waals surface area contributed by atoms with Gasteiger partial charge in [-0.05, 0) is 42.3 Å². The summed E-state index contributed by atoms with van der Waals surface area (Å²) in [5.41, 5.74) is 0.851. The van der Waals surface area contributed by atoms with Gasteiger partial charge in [0.05, 0.1) is 12.7 Å². The number of ether oxygens (including phenoxy) is 1. The van der Waals surface area contributed by atoms with E-state index in [0.29, 0.717) is 12.8 Å². The third kappa shape index (κ3) is 4.07. The molecule has 0 bridgehead atoms. The Labute approximate surface area is 118 Å². The average molecular weight is 274 g/mol. The van der Waals surface area contributed by atoms with E-state index in [2.05, 4.69) is 0 Å². The molecule has 106 valence electrons. The van der Waals surface area contributed by atoms with Crippen molar-refractivity contribution in [1.29, 1.82) is 0 Å². The lowest BCUT2D eigenvalue weighted by Gasteiger charge is -2.23. The molecule has 3 heteroatoms. The largest absolute Gasteiger partial charge is 0.497 e. The van der Waals surface area contributed by atoms with Gasteiger partial charge in [0, 0.05) is 12.8 Å². The molecule has 0 saturated heterocycles. The van der Waals surface area contributed by atoms with Crippen LogP contribution in [0.4, 0.5) is 4.39 Å². The lowest BCUT2D eigenvalue weighted by Crippen LogP contribution is -2.30. The monoisotopic (exact) mass is 274 g/mol. The maximum Gasteiger partial charge on any atom is 0.123 e. The highest BCUT2D eigenvalue weighted by Crippen LogP contribution is 2.21. The van der Waals surface area contributed by atoms with Gasteiger partial charge in [0.2, 0.25) is 0 Å². The maximum absolute atomic E-state index is 13.2. The Hall–Kier alpha value is -1.87. The molecule has 0 aliphatic rings. The molecule has 1 N–H and O–H groups in total. The summed E-state index contributed by atoms with van der Waals surface area (Å²) in [5.74, 6) is 0.490. The molecular weight excluding hydrogens is 255 g/mol. The molecule has 0 fully saturated rings. The van der Waals surface area contributed by atoms with Crippen LogP contribution in [0.2, 0.25) is 0 Å². The fraction of sp³-hybridized carbons (Fsp3) is 0.294. The zero-order valence-electron chi connectivity index (χ0n) is 11.8. The third-order valence-electron chi connectivity index (χ3n) is 3.19. The van der Waals surface area contributed by atoms with Gasteiger partial charge < -0.3 is 9.84 Å². The molecule has 0 heterocycles. The fourth-order valence-corrected chi connectivity index (χ4v) is 2.37. The molecule has 2 rings (SSSR count). The van der Waals surface area contributed by atoms with E-state index in [1.807, 2.05) is 30.3 Å².